The molecule has 0 bridgehead atoms. The number of hydrogen-bond acceptors (Lipinski definition) is 5. The lowest BCUT2D eigenvalue weighted by atomic mass is 10.0. The fraction of sp³-hybridized carbons (Fsp3) is 1.00. The van der Waals surface area contributed by atoms with Gasteiger partial charge < -0.3 is 23.2 Å². The van der Waals surface area contributed by atoms with E-state index >= 15 is 0 Å². The van der Waals surface area contributed by atoms with Gasteiger partial charge in [0.15, 0.2) is 0 Å². The van der Waals surface area contributed by atoms with Crippen molar-refractivity contribution in [1.82, 2.24) is 0 Å². The highest BCUT2D eigenvalue weighted by Crippen LogP contribution is 2.40. The lowest BCUT2D eigenvalue weighted by Gasteiger charge is -2.28. The second-order valence-electron chi connectivity index (χ2n) is 12.7. The van der Waals surface area contributed by atoms with Gasteiger partial charge in [-0.05, 0) is 19.3 Å². The molecule has 3 atom stereocenters. The second kappa shape index (κ2) is 22.7. The van der Waals surface area contributed by atoms with Crippen molar-refractivity contribution in [2.45, 2.75) is 148 Å². The second-order valence-corrected chi connectivity index (χ2v) is 14.1. The first-order valence-electron chi connectivity index (χ1n) is 16.3. The molecule has 0 aromatic heterocycles. The summed E-state index contributed by atoms with van der Waals surface area (Å²) >= 11 is 0. The normalized spacial score (nSPS) is 19.7. The summed E-state index contributed by atoms with van der Waals surface area (Å²) in [4.78, 5) is 12.1. The quantitative estimate of drug-likeness (QED) is 0.0572. The van der Waals surface area contributed by atoms with Crippen LogP contribution in [-0.2, 0) is 18.3 Å². The summed E-state index contributed by atoms with van der Waals surface area (Å²) in [7, 11) is 1.76. The van der Waals surface area contributed by atoms with E-state index in [4.69, 9.17) is 13.8 Å². The minimum absolute atomic E-state index is 0.118. The number of rotatable bonds is 27. The Morgan fingerprint density at radius 1 is 0.684 bits per heavy atom. The van der Waals surface area contributed by atoms with Crippen molar-refractivity contribution in [3.8, 4) is 0 Å². The number of unbranched alkanes of at least 4 members (excludes halogenated alkanes) is 17. The Morgan fingerprint density at radius 2 is 1.16 bits per heavy atom. The van der Waals surface area contributed by atoms with Gasteiger partial charge >= 0.3 is 0 Å². The third kappa shape index (κ3) is 21.8. The van der Waals surface area contributed by atoms with Crippen molar-refractivity contribution in [2.75, 3.05) is 47.5 Å². The maximum atomic E-state index is 12.1. The van der Waals surface area contributed by atoms with Crippen LogP contribution in [-0.4, -0.2) is 58.1 Å². The molecule has 0 aliphatic heterocycles. The van der Waals surface area contributed by atoms with Crippen molar-refractivity contribution < 1.29 is 27.7 Å². The summed E-state index contributed by atoms with van der Waals surface area (Å²) in [5.41, 5.74) is 0. The molecule has 6 nitrogen and oxygen atoms in total. The monoisotopic (exact) mass is 561 g/mol. The Hall–Kier alpha value is 0.0300. The van der Waals surface area contributed by atoms with E-state index in [-0.39, 0.29) is 25.2 Å². The van der Waals surface area contributed by atoms with Crippen LogP contribution in [0.5, 0.6) is 0 Å². The zero-order chi connectivity index (χ0) is 28.0. The number of likely N-dealkylation sites (N-methyl/N-ethyl adjacent to an activating group) is 1. The molecule has 1 rings (SSSR count). The van der Waals surface area contributed by atoms with Crippen molar-refractivity contribution >= 4 is 7.82 Å². The van der Waals surface area contributed by atoms with Gasteiger partial charge in [-0.25, -0.2) is 0 Å². The van der Waals surface area contributed by atoms with Crippen molar-refractivity contribution in [2.24, 2.45) is 5.92 Å². The van der Waals surface area contributed by atoms with Crippen LogP contribution in [0.3, 0.4) is 0 Å². The van der Waals surface area contributed by atoms with E-state index in [1.807, 2.05) is 21.1 Å². The third-order valence-electron chi connectivity index (χ3n) is 7.88. The molecule has 1 aliphatic carbocycles. The van der Waals surface area contributed by atoms with Gasteiger partial charge in [0.1, 0.15) is 13.2 Å². The summed E-state index contributed by atoms with van der Waals surface area (Å²) in [6, 6.07) is 0. The molecule has 7 heteroatoms. The lowest BCUT2D eigenvalue weighted by Crippen LogP contribution is -2.37. The highest BCUT2D eigenvalue weighted by molar-refractivity contribution is 7.45. The highest BCUT2D eigenvalue weighted by Gasteiger charge is 2.29. The molecule has 0 amide bonds. The largest absolute Gasteiger partial charge is 0.756 e. The van der Waals surface area contributed by atoms with Gasteiger partial charge in [-0.15, -0.1) is 0 Å². The van der Waals surface area contributed by atoms with Gasteiger partial charge in [0.2, 0.25) is 0 Å². The van der Waals surface area contributed by atoms with Crippen LogP contribution in [0.4, 0.5) is 0 Å². The molecule has 0 spiro atoms. The van der Waals surface area contributed by atoms with Crippen molar-refractivity contribution in [1.29, 1.82) is 0 Å². The molecule has 0 radical (unpaired) electrons. The predicted molar refractivity (Wildman–Crippen MR) is 158 cm³/mol. The summed E-state index contributed by atoms with van der Waals surface area (Å²) in [6.45, 7) is 4.00. The number of hydrogen-bond donors (Lipinski definition) is 0. The van der Waals surface area contributed by atoms with Crippen molar-refractivity contribution in [3.05, 3.63) is 0 Å². The Bertz CT molecular complexity index is 583. The molecular weight excluding hydrogens is 497 g/mol. The maximum absolute atomic E-state index is 12.1. The predicted octanol–water partition coefficient (Wildman–Crippen LogP) is 8.42. The number of nitrogens with zero attached hydrogens (tertiary/aromatic N) is 1. The highest BCUT2D eigenvalue weighted by atomic mass is 31.2. The molecule has 0 aromatic carbocycles. The SMILES string of the molecule is CCCCCCCCCCCCCCCCCCCCO[C@@H]1CCC[C@H]1COP(=O)([O-])OCC[N+](C)(C)C. The van der Waals surface area contributed by atoms with E-state index in [1.54, 1.807) is 0 Å². The molecule has 1 saturated carbocycles. The molecule has 1 fully saturated rings. The van der Waals surface area contributed by atoms with Crippen LogP contribution in [0.1, 0.15) is 142 Å². The van der Waals surface area contributed by atoms with Gasteiger partial charge in [0, 0.05) is 12.5 Å². The van der Waals surface area contributed by atoms with Gasteiger partial charge in [-0.3, -0.25) is 4.57 Å². The van der Waals surface area contributed by atoms with E-state index in [2.05, 4.69) is 6.92 Å². The Morgan fingerprint density at radius 3 is 1.63 bits per heavy atom. The van der Waals surface area contributed by atoms with Crippen LogP contribution in [0.2, 0.25) is 0 Å². The smallest absolute Gasteiger partial charge is 0.268 e. The first kappa shape index (κ1) is 36.1. The fourth-order valence-electron chi connectivity index (χ4n) is 5.30. The zero-order valence-corrected chi connectivity index (χ0v) is 26.7. The van der Waals surface area contributed by atoms with Crippen molar-refractivity contribution in [3.63, 3.8) is 0 Å². The van der Waals surface area contributed by atoms with Crippen LogP contribution < -0.4 is 4.89 Å². The standard InChI is InChI=1S/C31H64NO5P/c1-5-6-7-8-9-10-11-12-13-14-15-16-17-18-19-20-21-22-27-35-31-25-23-24-30(31)29-37-38(33,34)36-28-26-32(2,3)4/h30-31H,5-29H2,1-4H3/t30-,31+/m0/s1. The molecule has 0 saturated heterocycles. The summed E-state index contributed by atoms with van der Waals surface area (Å²) in [6.07, 6.45) is 28.0. The fourth-order valence-corrected chi connectivity index (χ4v) is 6.06. The molecule has 0 aromatic rings. The summed E-state index contributed by atoms with van der Waals surface area (Å²) in [5.74, 6) is 0.148. The molecule has 0 N–H and O–H groups in total. The van der Waals surface area contributed by atoms with Crippen LogP contribution in [0.25, 0.3) is 0 Å². The zero-order valence-electron chi connectivity index (χ0n) is 25.8. The topological polar surface area (TPSA) is 67.8 Å². The number of phosphoric acid groups is 1. The minimum atomic E-state index is -4.24. The van der Waals surface area contributed by atoms with Gasteiger partial charge in [-0.1, -0.05) is 122 Å². The number of phosphoric ester groups is 1. The first-order chi connectivity index (χ1) is 18.2. The summed E-state index contributed by atoms with van der Waals surface area (Å²) in [5, 5.41) is 0. The molecule has 228 valence electrons. The number of quaternary nitrogens is 1. The van der Waals surface area contributed by atoms with E-state index in [9.17, 15) is 9.46 Å². The first-order valence-corrected chi connectivity index (χ1v) is 17.7. The summed E-state index contributed by atoms with van der Waals surface area (Å²) < 4.78 is 29.0. The Balaban J connectivity index is 1.90. The van der Waals surface area contributed by atoms with Crippen LogP contribution in [0.15, 0.2) is 0 Å². The number of ether oxygens (including phenoxy) is 1. The van der Waals surface area contributed by atoms with Crippen LogP contribution in [0, 0.1) is 5.92 Å². The van der Waals surface area contributed by atoms with E-state index in [0.717, 1.165) is 32.3 Å². The lowest BCUT2D eigenvalue weighted by molar-refractivity contribution is -0.870. The molecule has 0 heterocycles. The minimum Gasteiger partial charge on any atom is -0.756 e. The maximum Gasteiger partial charge on any atom is 0.268 e. The van der Waals surface area contributed by atoms with Gasteiger partial charge in [0.05, 0.1) is 33.9 Å². The van der Waals surface area contributed by atoms with E-state index in [1.165, 1.54) is 109 Å². The van der Waals surface area contributed by atoms with E-state index in [0.29, 0.717) is 11.0 Å². The Kier molecular flexibility index (Phi) is 21.5. The molecule has 38 heavy (non-hydrogen) atoms. The molecule has 1 aliphatic rings. The van der Waals surface area contributed by atoms with E-state index < -0.39 is 7.82 Å². The average molecular weight is 562 g/mol. The average Bonchev–Trinajstić information content (AvgIpc) is 3.30. The Labute approximate surface area is 236 Å². The van der Waals surface area contributed by atoms with Gasteiger partial charge in [-0.2, -0.15) is 0 Å². The molecular formula is C31H64NO5P. The van der Waals surface area contributed by atoms with Gasteiger partial charge in [0.25, 0.3) is 7.82 Å². The third-order valence-corrected chi connectivity index (χ3v) is 8.84. The molecule has 1 unspecified atom stereocenters. The van der Waals surface area contributed by atoms with Crippen LogP contribution >= 0.6 is 7.82 Å².